The topological polar surface area (TPSA) is 44.0 Å². The van der Waals surface area contributed by atoms with Gasteiger partial charge in [-0.1, -0.05) is 0 Å². The Morgan fingerprint density at radius 3 is 2.89 bits per heavy atom. The van der Waals surface area contributed by atoms with Crippen LogP contribution in [-0.2, 0) is 0 Å². The highest BCUT2D eigenvalue weighted by Gasteiger charge is 1.80. The minimum atomic E-state index is -0.162. The van der Waals surface area contributed by atoms with Crippen LogP contribution in [-0.4, -0.2) is 0 Å². The SMILES string of the molecule is O=c1ccc[n+]([O-])cc1. The normalized spacial score (nSPS) is 8.89. The van der Waals surface area contributed by atoms with E-state index in [1.54, 1.807) is 0 Å². The van der Waals surface area contributed by atoms with E-state index in [0.717, 1.165) is 0 Å². The third kappa shape index (κ3) is 1.53. The Morgan fingerprint density at radius 2 is 2.11 bits per heavy atom. The van der Waals surface area contributed by atoms with Crippen molar-refractivity contribution in [3.05, 3.63) is 46.0 Å². The molecule has 0 saturated carbocycles. The first-order valence-corrected chi connectivity index (χ1v) is 2.48. The van der Waals surface area contributed by atoms with E-state index in [-0.39, 0.29) is 5.43 Å². The zero-order valence-corrected chi connectivity index (χ0v) is 4.65. The van der Waals surface area contributed by atoms with Crippen LogP contribution in [0.4, 0.5) is 0 Å². The first-order valence-electron chi connectivity index (χ1n) is 2.48. The van der Waals surface area contributed by atoms with Gasteiger partial charge in [-0.2, -0.15) is 4.73 Å². The number of aromatic nitrogens is 1. The van der Waals surface area contributed by atoms with Crippen LogP contribution in [0.3, 0.4) is 0 Å². The van der Waals surface area contributed by atoms with Crippen molar-refractivity contribution in [3.8, 4) is 0 Å². The van der Waals surface area contributed by atoms with Gasteiger partial charge >= 0.3 is 0 Å². The molecule has 1 aromatic heterocycles. The number of nitrogens with zero attached hydrogens (tertiary/aromatic N) is 1. The van der Waals surface area contributed by atoms with Gasteiger partial charge in [-0.3, -0.25) is 4.79 Å². The molecule has 0 aromatic carbocycles. The van der Waals surface area contributed by atoms with Gasteiger partial charge in [0.25, 0.3) is 0 Å². The van der Waals surface area contributed by atoms with Crippen LogP contribution < -0.4 is 10.2 Å². The fourth-order valence-corrected chi connectivity index (χ4v) is 0.475. The number of rotatable bonds is 0. The second-order valence-electron chi connectivity index (χ2n) is 1.59. The average Bonchev–Trinajstić information content (AvgIpc) is 1.97. The van der Waals surface area contributed by atoms with E-state index in [0.29, 0.717) is 4.73 Å². The molecule has 9 heavy (non-hydrogen) atoms. The maximum absolute atomic E-state index is 10.5. The average molecular weight is 123 g/mol. The Labute approximate surface area is 51.8 Å². The molecule has 0 unspecified atom stereocenters. The van der Waals surface area contributed by atoms with Crippen molar-refractivity contribution in [1.29, 1.82) is 0 Å². The Hall–Kier alpha value is -1.38. The molecule has 0 bridgehead atoms. The fraction of sp³-hybridized carbons (Fsp3) is 0. The van der Waals surface area contributed by atoms with E-state index < -0.39 is 0 Å². The number of hydrogen-bond donors (Lipinski definition) is 0. The van der Waals surface area contributed by atoms with Crippen molar-refractivity contribution in [1.82, 2.24) is 0 Å². The van der Waals surface area contributed by atoms with Gasteiger partial charge in [-0.05, 0) is 6.07 Å². The predicted octanol–water partition coefficient (Wildman–Crippen LogP) is -0.320. The highest BCUT2D eigenvalue weighted by molar-refractivity contribution is 4.89. The molecule has 46 valence electrons. The monoisotopic (exact) mass is 123 g/mol. The summed E-state index contributed by atoms with van der Waals surface area (Å²) in [6, 6.07) is 3.96. The maximum atomic E-state index is 10.5. The molecule has 0 spiro atoms. The summed E-state index contributed by atoms with van der Waals surface area (Å²) in [5.41, 5.74) is -0.162. The Balaban J connectivity index is 3.33. The van der Waals surface area contributed by atoms with Gasteiger partial charge in [0.2, 0.25) is 0 Å². The Kier molecular flexibility index (Phi) is 1.44. The highest BCUT2D eigenvalue weighted by Crippen LogP contribution is 1.65. The zero-order chi connectivity index (χ0) is 6.69. The molecule has 0 aliphatic carbocycles. The lowest BCUT2D eigenvalue weighted by atomic mass is 10.5. The molecular formula is C6H5NO2. The van der Waals surface area contributed by atoms with Gasteiger partial charge in [0.05, 0.1) is 6.07 Å². The largest absolute Gasteiger partial charge is 0.619 e. The second-order valence-corrected chi connectivity index (χ2v) is 1.59. The summed E-state index contributed by atoms with van der Waals surface area (Å²) >= 11 is 0. The van der Waals surface area contributed by atoms with Crippen molar-refractivity contribution < 1.29 is 4.73 Å². The third-order valence-corrected chi connectivity index (χ3v) is 0.879. The lowest BCUT2D eigenvalue weighted by Crippen LogP contribution is -2.21. The minimum absolute atomic E-state index is 0.162. The Bertz CT molecular complexity index is 259. The lowest BCUT2D eigenvalue weighted by molar-refractivity contribution is -0.604. The van der Waals surface area contributed by atoms with Gasteiger partial charge in [-0.15, -0.1) is 0 Å². The van der Waals surface area contributed by atoms with Crippen molar-refractivity contribution in [3.63, 3.8) is 0 Å². The molecule has 0 N–H and O–H groups in total. The number of hydrogen-bond acceptors (Lipinski definition) is 2. The summed E-state index contributed by atoms with van der Waals surface area (Å²) in [4.78, 5) is 10.5. The molecule has 3 nitrogen and oxygen atoms in total. The van der Waals surface area contributed by atoms with E-state index >= 15 is 0 Å². The van der Waals surface area contributed by atoms with E-state index in [1.165, 1.54) is 30.6 Å². The smallest absolute Gasteiger partial charge is 0.184 e. The standard InChI is InChI=1S/C6H5NO2/c8-6-2-1-4-7(9)5-3-6/h1-5H. The molecule has 0 fully saturated rings. The molecule has 0 atom stereocenters. The second kappa shape index (κ2) is 2.26. The summed E-state index contributed by atoms with van der Waals surface area (Å²) in [5, 5.41) is 10.4. The predicted molar refractivity (Wildman–Crippen MR) is 31.7 cm³/mol. The van der Waals surface area contributed by atoms with Crippen molar-refractivity contribution in [2.24, 2.45) is 0 Å². The van der Waals surface area contributed by atoms with Crippen molar-refractivity contribution in [2.45, 2.75) is 0 Å². The van der Waals surface area contributed by atoms with Crippen LogP contribution in [0, 0.1) is 5.21 Å². The van der Waals surface area contributed by atoms with Crippen LogP contribution in [0.25, 0.3) is 0 Å². The molecule has 0 radical (unpaired) electrons. The van der Waals surface area contributed by atoms with Gasteiger partial charge < -0.3 is 5.21 Å². The van der Waals surface area contributed by atoms with Crippen LogP contribution in [0.5, 0.6) is 0 Å². The van der Waals surface area contributed by atoms with Crippen LogP contribution in [0.2, 0.25) is 0 Å². The molecule has 0 amide bonds. The van der Waals surface area contributed by atoms with Gasteiger partial charge in [0, 0.05) is 6.07 Å². The van der Waals surface area contributed by atoms with Gasteiger partial charge in [-0.25, -0.2) is 0 Å². The van der Waals surface area contributed by atoms with E-state index in [9.17, 15) is 10.0 Å². The molecule has 0 aliphatic rings. The van der Waals surface area contributed by atoms with E-state index in [1.807, 2.05) is 0 Å². The van der Waals surface area contributed by atoms with Gasteiger partial charge in [0.15, 0.2) is 17.8 Å². The summed E-state index contributed by atoms with van der Waals surface area (Å²) in [6.07, 6.45) is 2.43. The molecular weight excluding hydrogens is 118 g/mol. The highest BCUT2D eigenvalue weighted by atomic mass is 16.5. The first kappa shape index (κ1) is 5.75. The molecule has 1 rings (SSSR count). The summed E-state index contributed by atoms with van der Waals surface area (Å²) < 4.78 is 0.571. The van der Waals surface area contributed by atoms with Crippen LogP contribution in [0.15, 0.2) is 35.4 Å². The van der Waals surface area contributed by atoms with Gasteiger partial charge in [0.1, 0.15) is 0 Å². The Morgan fingerprint density at radius 1 is 1.33 bits per heavy atom. The van der Waals surface area contributed by atoms with Crippen molar-refractivity contribution >= 4 is 0 Å². The zero-order valence-electron chi connectivity index (χ0n) is 4.65. The lowest BCUT2D eigenvalue weighted by Gasteiger charge is -1.83. The third-order valence-electron chi connectivity index (χ3n) is 0.879. The first-order chi connectivity index (χ1) is 4.29. The quantitative estimate of drug-likeness (QED) is 0.350. The molecule has 1 heterocycles. The van der Waals surface area contributed by atoms with E-state index in [4.69, 9.17) is 0 Å². The van der Waals surface area contributed by atoms with Crippen LogP contribution in [0.1, 0.15) is 0 Å². The van der Waals surface area contributed by atoms with Crippen molar-refractivity contribution in [2.75, 3.05) is 0 Å². The summed E-state index contributed by atoms with van der Waals surface area (Å²) in [7, 11) is 0. The van der Waals surface area contributed by atoms with Crippen LogP contribution >= 0.6 is 0 Å². The maximum Gasteiger partial charge on any atom is 0.184 e. The van der Waals surface area contributed by atoms with E-state index in [2.05, 4.69) is 0 Å². The molecule has 1 aromatic rings. The summed E-state index contributed by atoms with van der Waals surface area (Å²) in [6.45, 7) is 0. The molecule has 3 heteroatoms. The fourth-order valence-electron chi connectivity index (χ4n) is 0.475. The molecule has 0 saturated heterocycles. The summed E-state index contributed by atoms with van der Waals surface area (Å²) in [5.74, 6) is 0. The minimum Gasteiger partial charge on any atom is -0.619 e. The molecule has 0 aliphatic heterocycles.